The lowest BCUT2D eigenvalue weighted by molar-refractivity contribution is 0.527. The van der Waals surface area contributed by atoms with Crippen LogP contribution in [0.2, 0.25) is 0 Å². The van der Waals surface area contributed by atoms with Crippen molar-refractivity contribution >= 4 is 54.5 Å². The van der Waals surface area contributed by atoms with E-state index in [0.717, 1.165) is 38.2 Å². The summed E-state index contributed by atoms with van der Waals surface area (Å²) in [7, 11) is 0. The van der Waals surface area contributed by atoms with Crippen molar-refractivity contribution in [3.8, 4) is 0 Å². The van der Waals surface area contributed by atoms with Crippen molar-refractivity contribution in [2.24, 2.45) is 5.73 Å². The smallest absolute Gasteiger partial charge is 0.250 e. The van der Waals surface area contributed by atoms with E-state index in [9.17, 15) is 9.18 Å². The molecule has 0 bridgehead atoms. The largest absolute Gasteiger partial charge is 0.379 e. The summed E-state index contributed by atoms with van der Waals surface area (Å²) in [5.41, 5.74) is 7.26. The summed E-state index contributed by atoms with van der Waals surface area (Å²) in [5, 5.41) is 5.41. The predicted octanol–water partition coefficient (Wildman–Crippen LogP) is 5.53. The number of hydrogen-bond acceptors (Lipinski definition) is 5. The van der Waals surface area contributed by atoms with Crippen molar-refractivity contribution < 1.29 is 4.39 Å². The first-order chi connectivity index (χ1) is 12.6. The third-order valence-corrected chi connectivity index (χ3v) is 6.39. The second-order valence-corrected chi connectivity index (χ2v) is 7.76. The van der Waals surface area contributed by atoms with Crippen molar-refractivity contribution in [2.45, 2.75) is 33.7 Å². The molecule has 0 amide bonds. The van der Waals surface area contributed by atoms with Crippen molar-refractivity contribution in [3.05, 3.63) is 48.2 Å². The highest BCUT2D eigenvalue weighted by atomic mass is 79.9. The first-order valence-corrected chi connectivity index (χ1v) is 11.0. The maximum absolute atomic E-state index is 11.9. The van der Waals surface area contributed by atoms with Gasteiger partial charge in [-0.1, -0.05) is 19.9 Å². The molecule has 0 aliphatic carbocycles. The summed E-state index contributed by atoms with van der Waals surface area (Å²) >= 11 is 6.93. The first kappa shape index (κ1) is 22.8. The molecule has 0 unspecified atom stereocenters. The molecule has 0 fully saturated rings. The number of pyridine rings is 1. The monoisotopic (exact) mass is 461 g/mol. The van der Waals surface area contributed by atoms with Gasteiger partial charge in [0, 0.05) is 22.4 Å². The number of nitrogens with two attached hydrogens (primary N) is 1. The Bertz CT molecular complexity index is 831. The highest BCUT2D eigenvalue weighted by molar-refractivity contribution is 9.10. The van der Waals surface area contributed by atoms with Gasteiger partial charge in [-0.3, -0.25) is 9.18 Å². The molecule has 26 heavy (non-hydrogen) atoms. The Balaban J connectivity index is 0.000000615. The van der Waals surface area contributed by atoms with E-state index in [4.69, 9.17) is 5.73 Å². The summed E-state index contributed by atoms with van der Waals surface area (Å²) in [6.07, 6.45) is 0.798. The molecule has 0 saturated carbocycles. The molecule has 4 N–H and O–H groups in total. The maximum atomic E-state index is 11.9. The zero-order chi connectivity index (χ0) is 19.5. The molecule has 3 aromatic heterocycles. The molecule has 3 rings (SSSR count). The van der Waals surface area contributed by atoms with Crippen LogP contribution in [0.4, 0.5) is 10.1 Å². The van der Waals surface area contributed by atoms with E-state index in [1.807, 2.05) is 25.3 Å². The minimum absolute atomic E-state index is 0.103. The Morgan fingerprint density at radius 2 is 2.08 bits per heavy atom. The number of halogens is 2. The molecule has 4 nitrogen and oxygen atoms in total. The van der Waals surface area contributed by atoms with Crippen LogP contribution in [0.5, 0.6) is 0 Å². The summed E-state index contributed by atoms with van der Waals surface area (Å²) in [6.45, 7) is 6.52. The third kappa shape index (κ3) is 6.19. The fourth-order valence-electron chi connectivity index (χ4n) is 2.13. The highest BCUT2D eigenvalue weighted by Gasteiger charge is 2.14. The lowest BCUT2D eigenvalue weighted by Gasteiger charge is -2.05. The summed E-state index contributed by atoms with van der Waals surface area (Å²) < 4.78 is 12.3. The highest BCUT2D eigenvalue weighted by Crippen LogP contribution is 2.37. The fraction of sp³-hybridized carbons (Fsp3) is 0.389. The minimum atomic E-state index is -0.250. The average molecular weight is 462 g/mol. The summed E-state index contributed by atoms with van der Waals surface area (Å²) in [6, 6.07) is 5.72. The number of fused-ring (bicyclic) bond motifs is 1. The van der Waals surface area contributed by atoms with E-state index < -0.39 is 0 Å². The van der Waals surface area contributed by atoms with Gasteiger partial charge >= 0.3 is 0 Å². The van der Waals surface area contributed by atoms with Crippen molar-refractivity contribution in [3.63, 3.8) is 0 Å². The number of alkyl halides is 1. The average Bonchev–Trinajstić information content (AvgIpc) is 3.25. The van der Waals surface area contributed by atoms with Gasteiger partial charge in [-0.05, 0) is 47.3 Å². The summed E-state index contributed by atoms with van der Waals surface area (Å²) in [5.74, 6) is 0. The van der Waals surface area contributed by atoms with Crippen LogP contribution in [-0.4, -0.2) is 18.2 Å². The molecule has 8 heteroatoms. The van der Waals surface area contributed by atoms with Gasteiger partial charge in [0.05, 0.1) is 27.1 Å². The fourth-order valence-corrected chi connectivity index (χ4v) is 4.80. The van der Waals surface area contributed by atoms with Crippen LogP contribution in [0.15, 0.2) is 32.8 Å². The van der Waals surface area contributed by atoms with Crippen LogP contribution < -0.4 is 16.6 Å². The molecular weight excluding hydrogens is 437 g/mol. The molecule has 0 radical (unpaired) electrons. The Morgan fingerprint density at radius 1 is 1.38 bits per heavy atom. The normalized spacial score (nSPS) is 9.92. The molecule has 0 spiro atoms. The minimum Gasteiger partial charge on any atom is -0.379 e. The number of aromatic amines is 1. The van der Waals surface area contributed by atoms with E-state index in [0.29, 0.717) is 6.54 Å². The molecular formula is C18H25BrFN3OS2. The molecule has 3 aromatic rings. The topological polar surface area (TPSA) is 70.9 Å². The Morgan fingerprint density at radius 3 is 2.65 bits per heavy atom. The van der Waals surface area contributed by atoms with Crippen molar-refractivity contribution in [2.75, 3.05) is 18.5 Å². The molecule has 0 atom stereocenters. The molecule has 0 aromatic carbocycles. The molecule has 0 aliphatic heterocycles. The van der Waals surface area contributed by atoms with Crippen LogP contribution in [0.25, 0.3) is 10.2 Å². The lowest BCUT2D eigenvalue weighted by atomic mass is 10.3. The van der Waals surface area contributed by atoms with Gasteiger partial charge in [0.15, 0.2) is 0 Å². The van der Waals surface area contributed by atoms with Gasteiger partial charge < -0.3 is 16.0 Å². The van der Waals surface area contributed by atoms with Crippen LogP contribution in [-0.2, 0) is 13.0 Å². The molecule has 3 heterocycles. The summed E-state index contributed by atoms with van der Waals surface area (Å²) in [4.78, 5) is 17.1. The van der Waals surface area contributed by atoms with Gasteiger partial charge in [0.25, 0.3) is 5.56 Å². The Kier molecular flexibility index (Phi) is 10.7. The lowest BCUT2D eigenvalue weighted by Crippen LogP contribution is -2.07. The number of thiophene rings is 2. The van der Waals surface area contributed by atoms with Crippen molar-refractivity contribution in [1.82, 2.24) is 4.98 Å². The predicted molar refractivity (Wildman–Crippen MR) is 118 cm³/mol. The van der Waals surface area contributed by atoms with Gasteiger partial charge in [0.1, 0.15) is 0 Å². The van der Waals surface area contributed by atoms with Crippen LogP contribution in [0.3, 0.4) is 0 Å². The second-order valence-electron chi connectivity index (χ2n) is 4.83. The van der Waals surface area contributed by atoms with Gasteiger partial charge in [-0.2, -0.15) is 0 Å². The molecule has 0 aliphatic rings. The number of aromatic nitrogens is 1. The maximum Gasteiger partial charge on any atom is 0.250 e. The number of anilines is 1. The van der Waals surface area contributed by atoms with E-state index in [1.54, 1.807) is 28.7 Å². The van der Waals surface area contributed by atoms with Crippen molar-refractivity contribution in [1.29, 1.82) is 0 Å². The first-order valence-electron chi connectivity index (χ1n) is 8.47. The van der Waals surface area contributed by atoms with Crippen LogP contribution >= 0.6 is 38.6 Å². The molecule has 144 valence electrons. The zero-order valence-corrected chi connectivity index (χ0v) is 18.4. The standard InChI is InChI=1S/C14H14BrN3OS2.C2H5F.C2H6/c15-12-10(3-4-16)21-14-9(6-11(19)18-13(12)14)17-7-8-2-1-5-20-8;1-2-3;1-2/h1-2,5-6H,3-4,7,16H2,(H2,17,18,19);2H2,1H3;1-2H3. The number of nitrogens with one attached hydrogen (secondary N) is 2. The quantitative estimate of drug-likeness (QED) is 0.467. The SMILES string of the molecule is CC.CCF.NCCc1sc2c(NCc3cccs3)cc(=O)[nH]c2c1Br. The van der Waals surface area contributed by atoms with E-state index in [1.165, 1.54) is 11.8 Å². The van der Waals surface area contributed by atoms with E-state index >= 15 is 0 Å². The van der Waals surface area contributed by atoms with Crippen LogP contribution in [0, 0.1) is 0 Å². The van der Waals surface area contributed by atoms with Crippen LogP contribution in [0.1, 0.15) is 30.5 Å². The number of H-pyrrole nitrogens is 1. The zero-order valence-electron chi connectivity index (χ0n) is 15.2. The Hall–Kier alpha value is -1.22. The van der Waals surface area contributed by atoms with E-state index in [-0.39, 0.29) is 12.2 Å². The number of hydrogen-bond donors (Lipinski definition) is 3. The second kappa shape index (κ2) is 12.2. The van der Waals surface area contributed by atoms with Gasteiger partial charge in [-0.25, -0.2) is 0 Å². The van der Waals surface area contributed by atoms with E-state index in [2.05, 4.69) is 32.3 Å². The molecule has 0 saturated heterocycles. The third-order valence-electron chi connectivity index (χ3n) is 3.09. The van der Waals surface area contributed by atoms with Gasteiger partial charge in [-0.15, -0.1) is 22.7 Å². The Labute approximate surface area is 169 Å². The number of rotatable bonds is 5. The van der Waals surface area contributed by atoms with Gasteiger partial charge in [0.2, 0.25) is 0 Å².